The molecule has 0 radical (unpaired) electrons. The highest BCUT2D eigenvalue weighted by molar-refractivity contribution is 9.10. The van der Waals surface area contributed by atoms with Crippen LogP contribution in [0.4, 0.5) is 5.69 Å². The molecule has 1 heterocycles. The van der Waals surface area contributed by atoms with Crippen LogP contribution in [-0.2, 0) is 0 Å². The lowest BCUT2D eigenvalue weighted by atomic mass is 10.1. The van der Waals surface area contributed by atoms with E-state index in [4.69, 9.17) is 4.74 Å². The summed E-state index contributed by atoms with van der Waals surface area (Å²) in [6, 6.07) is 9.11. The Labute approximate surface area is 132 Å². The van der Waals surface area contributed by atoms with Gasteiger partial charge in [0.25, 0.3) is 5.91 Å². The third-order valence-electron chi connectivity index (χ3n) is 2.74. The number of ether oxygens (including phenoxy) is 1. The van der Waals surface area contributed by atoms with Gasteiger partial charge in [-0.1, -0.05) is 6.07 Å². The molecule has 1 aromatic carbocycles. The van der Waals surface area contributed by atoms with Crippen molar-refractivity contribution in [3.8, 4) is 5.88 Å². The molecule has 2 aromatic rings. The highest BCUT2D eigenvalue weighted by Crippen LogP contribution is 2.24. The zero-order chi connectivity index (χ0) is 15.4. The fourth-order valence-electron chi connectivity index (χ4n) is 1.80. The number of aryl methyl sites for hydroxylation is 1. The summed E-state index contributed by atoms with van der Waals surface area (Å²) in [6.07, 6.45) is 1.62. The van der Waals surface area contributed by atoms with Crippen molar-refractivity contribution in [2.75, 3.05) is 5.32 Å². The van der Waals surface area contributed by atoms with Crippen molar-refractivity contribution >= 4 is 27.5 Å². The summed E-state index contributed by atoms with van der Waals surface area (Å²) in [5.41, 5.74) is 2.22. The number of rotatable bonds is 4. The topological polar surface area (TPSA) is 51.2 Å². The fourth-order valence-corrected chi connectivity index (χ4v) is 2.47. The number of benzene rings is 1. The Hall–Kier alpha value is -1.88. The van der Waals surface area contributed by atoms with Gasteiger partial charge in [-0.05, 0) is 66.5 Å². The number of nitrogens with one attached hydrogen (secondary N) is 1. The maximum atomic E-state index is 12.4. The first kappa shape index (κ1) is 15.5. The molecule has 0 aliphatic carbocycles. The first-order valence-electron chi connectivity index (χ1n) is 6.66. The van der Waals surface area contributed by atoms with E-state index in [0.717, 1.165) is 10.0 Å². The Morgan fingerprint density at radius 1 is 1.33 bits per heavy atom. The average Bonchev–Trinajstić information content (AvgIpc) is 2.40. The van der Waals surface area contributed by atoms with E-state index in [0.29, 0.717) is 17.1 Å². The van der Waals surface area contributed by atoms with Crippen LogP contribution in [0.2, 0.25) is 0 Å². The third-order valence-corrected chi connectivity index (χ3v) is 3.39. The summed E-state index contributed by atoms with van der Waals surface area (Å²) in [5, 5.41) is 2.84. The van der Waals surface area contributed by atoms with Crippen LogP contribution < -0.4 is 10.1 Å². The molecule has 0 spiro atoms. The number of halogens is 1. The first-order valence-corrected chi connectivity index (χ1v) is 7.46. The number of pyridine rings is 1. The van der Waals surface area contributed by atoms with Gasteiger partial charge in [0.2, 0.25) is 5.88 Å². The minimum atomic E-state index is -0.205. The highest BCUT2D eigenvalue weighted by atomic mass is 79.9. The molecule has 1 aromatic heterocycles. The zero-order valence-corrected chi connectivity index (χ0v) is 13.8. The van der Waals surface area contributed by atoms with Gasteiger partial charge in [-0.15, -0.1) is 0 Å². The molecule has 5 heteroatoms. The van der Waals surface area contributed by atoms with Gasteiger partial charge in [-0.3, -0.25) is 4.79 Å². The number of hydrogen-bond donors (Lipinski definition) is 1. The first-order chi connectivity index (χ1) is 9.97. The minimum absolute atomic E-state index is 0.0123. The molecular formula is C16H17BrN2O2. The van der Waals surface area contributed by atoms with E-state index in [1.54, 1.807) is 24.4 Å². The van der Waals surface area contributed by atoms with E-state index in [1.807, 2.05) is 32.9 Å². The van der Waals surface area contributed by atoms with E-state index in [-0.39, 0.29) is 12.0 Å². The molecule has 2 rings (SSSR count). The monoisotopic (exact) mass is 348 g/mol. The minimum Gasteiger partial charge on any atom is -0.473 e. The second kappa shape index (κ2) is 6.72. The molecule has 0 saturated heterocycles. The van der Waals surface area contributed by atoms with Crippen LogP contribution in [0.15, 0.2) is 41.0 Å². The number of carbonyl (C=O) groups excluding carboxylic acids is 1. The maximum absolute atomic E-state index is 12.4. The molecule has 0 aliphatic heterocycles. The van der Waals surface area contributed by atoms with Crippen LogP contribution in [0, 0.1) is 6.92 Å². The molecule has 21 heavy (non-hydrogen) atoms. The zero-order valence-electron chi connectivity index (χ0n) is 12.2. The second-order valence-electron chi connectivity index (χ2n) is 4.96. The van der Waals surface area contributed by atoms with Crippen molar-refractivity contribution in [3.05, 3.63) is 52.1 Å². The number of hydrogen-bond acceptors (Lipinski definition) is 3. The van der Waals surface area contributed by atoms with E-state index in [1.165, 1.54) is 0 Å². The fraction of sp³-hybridized carbons (Fsp3) is 0.250. The third kappa shape index (κ3) is 4.04. The van der Waals surface area contributed by atoms with Crippen molar-refractivity contribution in [3.63, 3.8) is 0 Å². The van der Waals surface area contributed by atoms with Gasteiger partial charge in [-0.25, -0.2) is 4.98 Å². The van der Waals surface area contributed by atoms with Gasteiger partial charge >= 0.3 is 0 Å². The SMILES string of the molecule is Cc1ccc(C(=O)Nc2cccnc2OC(C)C)c(Br)c1. The smallest absolute Gasteiger partial charge is 0.256 e. The molecule has 0 atom stereocenters. The molecule has 0 fully saturated rings. The van der Waals surface area contributed by atoms with Gasteiger partial charge < -0.3 is 10.1 Å². The predicted molar refractivity (Wildman–Crippen MR) is 86.8 cm³/mol. The van der Waals surface area contributed by atoms with E-state index in [2.05, 4.69) is 26.2 Å². The van der Waals surface area contributed by atoms with Crippen LogP contribution in [0.1, 0.15) is 29.8 Å². The van der Waals surface area contributed by atoms with Crippen LogP contribution in [-0.4, -0.2) is 17.0 Å². The number of aromatic nitrogens is 1. The van der Waals surface area contributed by atoms with Crippen LogP contribution in [0.3, 0.4) is 0 Å². The summed E-state index contributed by atoms with van der Waals surface area (Å²) in [7, 11) is 0. The van der Waals surface area contributed by atoms with Crippen molar-refractivity contribution < 1.29 is 9.53 Å². The van der Waals surface area contributed by atoms with Gasteiger partial charge in [0.05, 0.1) is 11.7 Å². The summed E-state index contributed by atoms with van der Waals surface area (Å²) in [6.45, 7) is 5.80. The standard InChI is InChI=1S/C16H17BrN2O2/c1-10(2)21-16-14(5-4-8-18-16)19-15(20)12-7-6-11(3)9-13(12)17/h4-10H,1-3H3,(H,19,20). The van der Waals surface area contributed by atoms with Crippen molar-refractivity contribution in [1.29, 1.82) is 0 Å². The number of nitrogens with zero attached hydrogens (tertiary/aromatic N) is 1. The van der Waals surface area contributed by atoms with Crippen molar-refractivity contribution in [2.45, 2.75) is 26.9 Å². The lowest BCUT2D eigenvalue weighted by Gasteiger charge is -2.14. The summed E-state index contributed by atoms with van der Waals surface area (Å²) >= 11 is 3.41. The molecule has 0 bridgehead atoms. The summed E-state index contributed by atoms with van der Waals surface area (Å²) in [5.74, 6) is 0.215. The molecular weight excluding hydrogens is 332 g/mol. The van der Waals surface area contributed by atoms with Gasteiger partial charge in [0.15, 0.2) is 0 Å². The Balaban J connectivity index is 2.23. The van der Waals surface area contributed by atoms with Gasteiger partial charge in [-0.2, -0.15) is 0 Å². The molecule has 1 amide bonds. The van der Waals surface area contributed by atoms with Crippen LogP contribution >= 0.6 is 15.9 Å². The highest BCUT2D eigenvalue weighted by Gasteiger charge is 2.14. The largest absolute Gasteiger partial charge is 0.473 e. The van der Waals surface area contributed by atoms with Crippen molar-refractivity contribution in [1.82, 2.24) is 4.98 Å². The van der Waals surface area contributed by atoms with E-state index >= 15 is 0 Å². The summed E-state index contributed by atoms with van der Waals surface area (Å²) in [4.78, 5) is 16.5. The second-order valence-corrected chi connectivity index (χ2v) is 5.81. The van der Waals surface area contributed by atoms with E-state index in [9.17, 15) is 4.79 Å². The summed E-state index contributed by atoms with van der Waals surface area (Å²) < 4.78 is 6.35. The maximum Gasteiger partial charge on any atom is 0.256 e. The molecule has 0 aliphatic rings. The quantitative estimate of drug-likeness (QED) is 0.900. The van der Waals surface area contributed by atoms with Crippen LogP contribution in [0.25, 0.3) is 0 Å². The predicted octanol–water partition coefficient (Wildman–Crippen LogP) is 4.19. The van der Waals surface area contributed by atoms with Gasteiger partial charge in [0.1, 0.15) is 5.69 Å². The molecule has 0 unspecified atom stereocenters. The number of carbonyl (C=O) groups is 1. The Bertz CT molecular complexity index is 656. The lowest BCUT2D eigenvalue weighted by molar-refractivity contribution is 0.102. The molecule has 4 nitrogen and oxygen atoms in total. The van der Waals surface area contributed by atoms with Crippen LogP contribution in [0.5, 0.6) is 5.88 Å². The normalized spacial score (nSPS) is 10.5. The Morgan fingerprint density at radius 3 is 2.76 bits per heavy atom. The number of anilines is 1. The Morgan fingerprint density at radius 2 is 2.10 bits per heavy atom. The molecule has 110 valence electrons. The lowest BCUT2D eigenvalue weighted by Crippen LogP contribution is -2.15. The van der Waals surface area contributed by atoms with Gasteiger partial charge in [0, 0.05) is 10.7 Å². The van der Waals surface area contributed by atoms with E-state index < -0.39 is 0 Å². The average molecular weight is 349 g/mol. The van der Waals surface area contributed by atoms with Crippen molar-refractivity contribution in [2.24, 2.45) is 0 Å². The molecule has 1 N–H and O–H groups in total. The molecule has 0 saturated carbocycles. The number of amides is 1. The Kier molecular flexibility index (Phi) is 4.96.